The van der Waals surface area contributed by atoms with Crippen molar-refractivity contribution < 1.29 is 19.0 Å². The van der Waals surface area contributed by atoms with Crippen molar-refractivity contribution in [3.8, 4) is 22.6 Å². The summed E-state index contributed by atoms with van der Waals surface area (Å²) in [5, 5.41) is 0. The third kappa shape index (κ3) is 6.64. The van der Waals surface area contributed by atoms with Crippen LogP contribution in [-0.4, -0.2) is 38.5 Å². The molecule has 0 aliphatic rings. The van der Waals surface area contributed by atoms with Crippen LogP contribution in [0.5, 0.6) is 11.5 Å². The molecule has 0 aliphatic carbocycles. The number of hydrogen-bond donors (Lipinski definition) is 0. The van der Waals surface area contributed by atoms with Gasteiger partial charge in [-0.05, 0) is 35.7 Å². The summed E-state index contributed by atoms with van der Waals surface area (Å²) >= 11 is 0. The summed E-state index contributed by atoms with van der Waals surface area (Å²) in [6, 6.07) is 33.0. The Hall–Kier alpha value is -4.38. The highest BCUT2D eigenvalue weighted by Gasteiger charge is 2.22. The molecule has 4 rings (SSSR count). The summed E-state index contributed by atoms with van der Waals surface area (Å²) in [6.45, 7) is 2.11. The summed E-state index contributed by atoms with van der Waals surface area (Å²) in [5.41, 5.74) is 5.65. The minimum Gasteiger partial charge on any atom is -0.497 e. The van der Waals surface area contributed by atoms with Crippen LogP contribution < -0.4 is 9.47 Å². The first kappa shape index (κ1) is 25.7. The van der Waals surface area contributed by atoms with Gasteiger partial charge in [0.2, 0.25) is 0 Å². The van der Waals surface area contributed by atoms with Crippen LogP contribution in [0.4, 0.5) is 0 Å². The molecule has 0 unspecified atom stereocenters. The second-order valence-corrected chi connectivity index (χ2v) is 8.48. The van der Waals surface area contributed by atoms with Crippen molar-refractivity contribution in [2.24, 2.45) is 4.99 Å². The maximum Gasteiger partial charge on any atom is 0.331 e. The number of esters is 1. The summed E-state index contributed by atoms with van der Waals surface area (Å²) < 4.78 is 16.2. The number of aliphatic imine (C=N–C) groups is 1. The van der Waals surface area contributed by atoms with Crippen molar-refractivity contribution >= 4 is 11.7 Å². The van der Waals surface area contributed by atoms with Crippen LogP contribution in [0.2, 0.25) is 0 Å². The first-order valence-corrected chi connectivity index (χ1v) is 12.3. The van der Waals surface area contributed by atoms with Crippen LogP contribution in [-0.2, 0) is 16.0 Å². The van der Waals surface area contributed by atoms with Gasteiger partial charge in [-0.25, -0.2) is 4.79 Å². The molecule has 0 spiro atoms. The van der Waals surface area contributed by atoms with Gasteiger partial charge in [0, 0.05) is 23.6 Å². The Morgan fingerprint density at radius 1 is 0.730 bits per heavy atom. The molecular weight excluding hydrogens is 462 g/mol. The Morgan fingerprint density at radius 2 is 1.27 bits per heavy atom. The van der Waals surface area contributed by atoms with E-state index < -0.39 is 6.04 Å². The monoisotopic (exact) mass is 493 g/mol. The van der Waals surface area contributed by atoms with Gasteiger partial charge in [-0.15, -0.1) is 0 Å². The molecule has 4 aromatic carbocycles. The molecule has 0 aromatic heterocycles. The van der Waals surface area contributed by atoms with Crippen molar-refractivity contribution in [1.29, 1.82) is 0 Å². The van der Waals surface area contributed by atoms with Crippen LogP contribution in [0, 0.1) is 0 Å². The quantitative estimate of drug-likeness (QED) is 0.190. The average Bonchev–Trinajstić information content (AvgIpc) is 2.96. The molecule has 188 valence electrons. The third-order valence-corrected chi connectivity index (χ3v) is 6.01. The summed E-state index contributed by atoms with van der Waals surface area (Å²) in [6.07, 6.45) is 0.420. The average molecular weight is 494 g/mol. The summed E-state index contributed by atoms with van der Waals surface area (Å²) in [4.78, 5) is 18.0. The summed E-state index contributed by atoms with van der Waals surface area (Å²) in [5.74, 6) is 1.11. The Labute approximate surface area is 218 Å². The molecule has 37 heavy (non-hydrogen) atoms. The number of benzene rings is 4. The second kappa shape index (κ2) is 12.5. The van der Waals surface area contributed by atoms with Gasteiger partial charge in [0.15, 0.2) is 6.04 Å². The molecule has 0 aliphatic heterocycles. The van der Waals surface area contributed by atoms with Gasteiger partial charge < -0.3 is 14.2 Å². The van der Waals surface area contributed by atoms with Gasteiger partial charge in [0.25, 0.3) is 0 Å². The number of hydrogen-bond acceptors (Lipinski definition) is 5. The van der Waals surface area contributed by atoms with Gasteiger partial charge in [0.05, 0.1) is 26.5 Å². The van der Waals surface area contributed by atoms with Gasteiger partial charge in [-0.3, -0.25) is 4.99 Å². The van der Waals surface area contributed by atoms with Crippen molar-refractivity contribution in [3.05, 3.63) is 120 Å². The third-order valence-electron chi connectivity index (χ3n) is 6.01. The fourth-order valence-corrected chi connectivity index (χ4v) is 4.11. The predicted molar refractivity (Wildman–Crippen MR) is 148 cm³/mol. The molecular formula is C32H31NO4. The molecule has 1 atom stereocenters. The molecule has 0 bridgehead atoms. The zero-order chi connectivity index (χ0) is 26.0. The van der Waals surface area contributed by atoms with E-state index >= 15 is 0 Å². The topological polar surface area (TPSA) is 57.1 Å². The first-order valence-electron chi connectivity index (χ1n) is 12.3. The lowest BCUT2D eigenvalue weighted by atomic mass is 9.99. The maximum absolute atomic E-state index is 13.0. The predicted octanol–water partition coefficient (Wildman–Crippen LogP) is 6.38. The molecule has 5 nitrogen and oxygen atoms in total. The molecule has 0 N–H and O–H groups in total. The zero-order valence-corrected chi connectivity index (χ0v) is 21.4. The molecule has 0 saturated heterocycles. The number of carbonyl (C=O) groups is 1. The van der Waals surface area contributed by atoms with Crippen LogP contribution >= 0.6 is 0 Å². The molecule has 0 amide bonds. The van der Waals surface area contributed by atoms with E-state index in [1.165, 1.54) is 0 Å². The Morgan fingerprint density at radius 3 is 1.76 bits per heavy atom. The van der Waals surface area contributed by atoms with Crippen molar-refractivity contribution in [3.63, 3.8) is 0 Å². The molecule has 0 fully saturated rings. The van der Waals surface area contributed by atoms with Crippen LogP contribution in [0.15, 0.2) is 108 Å². The molecule has 0 heterocycles. The van der Waals surface area contributed by atoms with Crippen LogP contribution in [0.25, 0.3) is 11.1 Å². The lowest BCUT2D eigenvalue weighted by molar-refractivity contribution is -0.144. The van der Waals surface area contributed by atoms with E-state index in [-0.39, 0.29) is 5.97 Å². The van der Waals surface area contributed by atoms with Crippen molar-refractivity contribution in [2.45, 2.75) is 19.4 Å². The van der Waals surface area contributed by atoms with E-state index in [1.807, 2.05) is 110 Å². The molecule has 5 heteroatoms. The van der Waals surface area contributed by atoms with Gasteiger partial charge in [-0.2, -0.15) is 0 Å². The number of carbonyl (C=O) groups excluding carboxylic acids is 1. The highest BCUT2D eigenvalue weighted by molar-refractivity contribution is 6.13. The lowest BCUT2D eigenvalue weighted by Gasteiger charge is -2.16. The Balaban J connectivity index is 1.67. The first-order chi connectivity index (χ1) is 18.1. The van der Waals surface area contributed by atoms with Crippen LogP contribution in [0.3, 0.4) is 0 Å². The highest BCUT2D eigenvalue weighted by Crippen LogP contribution is 2.30. The minimum atomic E-state index is -0.682. The van der Waals surface area contributed by atoms with Gasteiger partial charge >= 0.3 is 5.97 Å². The van der Waals surface area contributed by atoms with Gasteiger partial charge in [-0.1, -0.05) is 84.9 Å². The number of rotatable bonds is 10. The van der Waals surface area contributed by atoms with Gasteiger partial charge in [0.1, 0.15) is 11.5 Å². The smallest absolute Gasteiger partial charge is 0.331 e. The largest absolute Gasteiger partial charge is 0.497 e. The van der Waals surface area contributed by atoms with E-state index in [2.05, 4.69) is 0 Å². The van der Waals surface area contributed by atoms with Crippen molar-refractivity contribution in [1.82, 2.24) is 0 Å². The van der Waals surface area contributed by atoms with E-state index in [4.69, 9.17) is 19.2 Å². The van der Waals surface area contributed by atoms with Crippen molar-refractivity contribution in [2.75, 3.05) is 20.8 Å². The number of nitrogens with zero attached hydrogens (tertiary/aromatic N) is 1. The maximum atomic E-state index is 13.0. The van der Waals surface area contributed by atoms with E-state index in [0.29, 0.717) is 13.0 Å². The van der Waals surface area contributed by atoms with E-state index in [1.54, 1.807) is 14.2 Å². The Kier molecular flexibility index (Phi) is 8.71. The molecule has 0 saturated carbocycles. The van der Waals surface area contributed by atoms with Crippen LogP contribution in [0.1, 0.15) is 23.6 Å². The molecule has 0 radical (unpaired) electrons. The summed E-state index contributed by atoms with van der Waals surface area (Å²) in [7, 11) is 3.27. The number of ether oxygens (including phenoxy) is 3. The molecule has 4 aromatic rings. The fourth-order valence-electron chi connectivity index (χ4n) is 4.11. The number of methoxy groups -OCH3 is 2. The fraction of sp³-hybridized carbons (Fsp3) is 0.188. The van der Waals surface area contributed by atoms with E-state index in [0.717, 1.165) is 45.0 Å². The normalized spacial score (nSPS) is 11.3. The highest BCUT2D eigenvalue weighted by atomic mass is 16.5. The Bertz CT molecular complexity index is 1270. The SMILES string of the molecule is CCOC(=O)[C@H](Cc1ccc(-c2cc(OC)cc(OC)c2)cc1)N=C(c1ccccc1)c1ccccc1. The zero-order valence-electron chi connectivity index (χ0n) is 21.4. The standard InChI is InChI=1S/C32H31NO4/c1-4-37-32(34)30(33-31(25-11-7-5-8-12-25)26-13-9-6-10-14-26)19-23-15-17-24(18-16-23)27-20-28(35-2)22-29(21-27)36-3/h5-18,20-22,30H,4,19H2,1-3H3/t30-/m0/s1. The second-order valence-electron chi connectivity index (χ2n) is 8.48. The van der Waals surface area contributed by atoms with E-state index in [9.17, 15) is 4.79 Å². The minimum absolute atomic E-state index is 0.299. The lowest BCUT2D eigenvalue weighted by Crippen LogP contribution is -2.26.